The van der Waals surface area contributed by atoms with Crippen LogP contribution in [0.25, 0.3) is 0 Å². The number of urea groups is 1. The van der Waals surface area contributed by atoms with Crippen molar-refractivity contribution < 1.29 is 4.79 Å². The first kappa shape index (κ1) is 16.3. The zero-order chi connectivity index (χ0) is 16.4. The summed E-state index contributed by atoms with van der Waals surface area (Å²) >= 11 is 1.73. The van der Waals surface area contributed by atoms with Crippen molar-refractivity contribution in [2.45, 2.75) is 63.5 Å². The molecule has 6 heteroatoms. The molecular weight excluding hydrogens is 320 g/mol. The summed E-state index contributed by atoms with van der Waals surface area (Å²) in [6, 6.07) is 0.243. The van der Waals surface area contributed by atoms with Crippen molar-refractivity contribution in [2.24, 2.45) is 5.92 Å². The van der Waals surface area contributed by atoms with Crippen LogP contribution in [0.1, 0.15) is 61.6 Å². The Balaban J connectivity index is 1.16. The van der Waals surface area contributed by atoms with Crippen molar-refractivity contribution in [2.75, 3.05) is 19.6 Å². The Labute approximate surface area is 148 Å². The normalized spacial score (nSPS) is 25.2. The van der Waals surface area contributed by atoms with Crippen LogP contribution in [0.3, 0.4) is 0 Å². The first-order chi connectivity index (χ1) is 11.8. The van der Waals surface area contributed by atoms with Crippen molar-refractivity contribution in [3.8, 4) is 0 Å². The molecule has 2 saturated carbocycles. The van der Waals surface area contributed by atoms with Crippen molar-refractivity contribution in [1.82, 2.24) is 20.5 Å². The molecule has 1 unspecified atom stereocenters. The monoisotopic (exact) mass is 348 g/mol. The number of nitrogens with zero attached hydrogens (tertiary/aromatic N) is 2. The van der Waals surface area contributed by atoms with Crippen LogP contribution in [0.2, 0.25) is 0 Å². The fourth-order valence-electron chi connectivity index (χ4n) is 4.00. The number of hydrogen-bond donors (Lipinski definition) is 2. The molecule has 0 bridgehead atoms. The molecule has 3 aliphatic rings. The quantitative estimate of drug-likeness (QED) is 0.831. The average Bonchev–Trinajstić information content (AvgIpc) is 2.98. The van der Waals surface area contributed by atoms with Crippen LogP contribution >= 0.6 is 11.3 Å². The van der Waals surface area contributed by atoms with Gasteiger partial charge in [0.05, 0.1) is 17.2 Å². The fourth-order valence-corrected chi connectivity index (χ4v) is 4.99. The van der Waals surface area contributed by atoms with Gasteiger partial charge in [0.2, 0.25) is 0 Å². The van der Waals surface area contributed by atoms with Gasteiger partial charge in [-0.3, -0.25) is 0 Å². The van der Waals surface area contributed by atoms with Crippen LogP contribution in [-0.4, -0.2) is 41.6 Å². The lowest BCUT2D eigenvalue weighted by molar-refractivity contribution is 0.234. The van der Waals surface area contributed by atoms with Gasteiger partial charge in [0.1, 0.15) is 0 Å². The molecule has 1 atom stereocenters. The number of carbonyl (C=O) groups is 1. The maximum atomic E-state index is 12.1. The van der Waals surface area contributed by atoms with Crippen molar-refractivity contribution in [1.29, 1.82) is 0 Å². The number of carbonyl (C=O) groups excluding carboxylic acids is 1. The van der Waals surface area contributed by atoms with Gasteiger partial charge in [0, 0.05) is 37.0 Å². The molecule has 2 amide bonds. The lowest BCUT2D eigenvalue weighted by atomic mass is 10.1. The minimum atomic E-state index is -0.0521. The zero-order valence-electron chi connectivity index (χ0n) is 14.3. The minimum Gasteiger partial charge on any atom is -0.334 e. The highest BCUT2D eigenvalue weighted by atomic mass is 32.1. The number of aromatic nitrogens is 1. The molecule has 3 fully saturated rings. The summed E-state index contributed by atoms with van der Waals surface area (Å²) < 4.78 is 0. The third-order valence-electron chi connectivity index (χ3n) is 5.52. The molecule has 0 spiro atoms. The SMILES string of the molecule is O=C(NCc1csc(C2CC2)n1)NC1CCN(CC2CCCC2)C1. The van der Waals surface area contributed by atoms with E-state index < -0.39 is 0 Å². The number of rotatable bonds is 6. The number of nitrogens with one attached hydrogen (secondary N) is 2. The molecule has 24 heavy (non-hydrogen) atoms. The highest BCUT2D eigenvalue weighted by Crippen LogP contribution is 2.41. The second-order valence-corrected chi connectivity index (χ2v) is 8.56. The molecule has 2 aliphatic carbocycles. The molecule has 1 saturated heterocycles. The van der Waals surface area contributed by atoms with E-state index in [4.69, 9.17) is 0 Å². The van der Waals surface area contributed by atoms with Gasteiger partial charge >= 0.3 is 6.03 Å². The summed E-state index contributed by atoms with van der Waals surface area (Å²) in [5, 5.41) is 9.41. The fraction of sp³-hybridized carbons (Fsp3) is 0.778. The van der Waals surface area contributed by atoms with Gasteiger partial charge < -0.3 is 15.5 Å². The van der Waals surface area contributed by atoms with E-state index in [2.05, 4.69) is 25.9 Å². The smallest absolute Gasteiger partial charge is 0.315 e. The molecule has 5 nitrogen and oxygen atoms in total. The maximum absolute atomic E-state index is 12.1. The van der Waals surface area contributed by atoms with E-state index in [0.717, 1.165) is 31.1 Å². The Morgan fingerprint density at radius 3 is 2.88 bits per heavy atom. The number of hydrogen-bond acceptors (Lipinski definition) is 4. The van der Waals surface area contributed by atoms with Gasteiger partial charge in [-0.1, -0.05) is 12.8 Å². The summed E-state index contributed by atoms with van der Waals surface area (Å²) in [6.45, 7) is 3.89. The van der Waals surface area contributed by atoms with Crippen LogP contribution < -0.4 is 10.6 Å². The summed E-state index contributed by atoms with van der Waals surface area (Å²) in [4.78, 5) is 19.3. The largest absolute Gasteiger partial charge is 0.334 e. The van der Waals surface area contributed by atoms with Gasteiger partial charge in [-0.25, -0.2) is 9.78 Å². The molecule has 4 rings (SSSR count). The number of likely N-dealkylation sites (tertiary alicyclic amines) is 1. The van der Waals surface area contributed by atoms with Gasteiger partial charge in [0.15, 0.2) is 0 Å². The van der Waals surface area contributed by atoms with E-state index in [1.54, 1.807) is 11.3 Å². The van der Waals surface area contributed by atoms with Crippen LogP contribution in [0.5, 0.6) is 0 Å². The van der Waals surface area contributed by atoms with Gasteiger partial charge in [-0.05, 0) is 38.0 Å². The standard InChI is InChI=1S/C18H28N4OS/c23-18(19-9-16-12-24-17(20-16)14-5-6-14)21-15-7-8-22(11-15)10-13-3-1-2-4-13/h12-15H,1-11H2,(H2,19,21,23). The Kier molecular flexibility index (Phi) is 5.03. The molecule has 132 valence electrons. The van der Waals surface area contributed by atoms with Crippen LogP contribution in [0, 0.1) is 5.92 Å². The van der Waals surface area contributed by atoms with E-state index in [1.165, 1.54) is 50.1 Å². The predicted molar refractivity (Wildman–Crippen MR) is 96.3 cm³/mol. The summed E-state index contributed by atoms with van der Waals surface area (Å²) in [7, 11) is 0. The minimum absolute atomic E-state index is 0.0521. The zero-order valence-corrected chi connectivity index (χ0v) is 15.1. The van der Waals surface area contributed by atoms with E-state index in [9.17, 15) is 4.79 Å². The average molecular weight is 349 g/mol. The van der Waals surface area contributed by atoms with Crippen molar-refractivity contribution in [3.63, 3.8) is 0 Å². The van der Waals surface area contributed by atoms with Crippen molar-refractivity contribution >= 4 is 17.4 Å². The van der Waals surface area contributed by atoms with E-state index >= 15 is 0 Å². The first-order valence-electron chi connectivity index (χ1n) is 9.47. The third-order valence-corrected chi connectivity index (χ3v) is 6.58. The molecule has 1 aromatic heterocycles. The summed E-state index contributed by atoms with van der Waals surface area (Å²) in [5.74, 6) is 1.59. The number of thiazole rings is 1. The molecule has 1 aliphatic heterocycles. The van der Waals surface area contributed by atoms with Gasteiger partial charge in [0.25, 0.3) is 0 Å². The second kappa shape index (κ2) is 7.40. The molecular formula is C18H28N4OS. The lowest BCUT2D eigenvalue weighted by Gasteiger charge is -2.20. The Hall–Kier alpha value is -1.14. The van der Waals surface area contributed by atoms with Crippen LogP contribution in [0.4, 0.5) is 4.79 Å². The van der Waals surface area contributed by atoms with Crippen LogP contribution in [-0.2, 0) is 6.54 Å². The molecule has 0 aromatic carbocycles. The third kappa shape index (κ3) is 4.28. The van der Waals surface area contributed by atoms with E-state index in [1.807, 2.05) is 0 Å². The highest BCUT2D eigenvalue weighted by Gasteiger charge is 2.28. The Morgan fingerprint density at radius 2 is 2.08 bits per heavy atom. The summed E-state index contributed by atoms with van der Waals surface area (Å²) in [6.07, 6.45) is 9.23. The predicted octanol–water partition coefficient (Wildman–Crippen LogP) is 3.08. The van der Waals surface area contributed by atoms with E-state index in [0.29, 0.717) is 18.5 Å². The molecule has 2 heterocycles. The Bertz CT molecular complexity index is 565. The van der Waals surface area contributed by atoms with Gasteiger partial charge in [-0.15, -0.1) is 11.3 Å². The molecule has 1 aromatic rings. The second-order valence-electron chi connectivity index (χ2n) is 7.67. The highest BCUT2D eigenvalue weighted by molar-refractivity contribution is 7.09. The number of amides is 2. The van der Waals surface area contributed by atoms with Gasteiger partial charge in [-0.2, -0.15) is 0 Å². The topological polar surface area (TPSA) is 57.3 Å². The Morgan fingerprint density at radius 1 is 1.25 bits per heavy atom. The molecule has 0 radical (unpaired) electrons. The van der Waals surface area contributed by atoms with Crippen LogP contribution in [0.15, 0.2) is 5.38 Å². The molecule has 2 N–H and O–H groups in total. The van der Waals surface area contributed by atoms with Crippen molar-refractivity contribution in [3.05, 3.63) is 16.1 Å². The first-order valence-corrected chi connectivity index (χ1v) is 10.4. The van der Waals surface area contributed by atoms with E-state index in [-0.39, 0.29) is 6.03 Å². The summed E-state index contributed by atoms with van der Waals surface area (Å²) in [5.41, 5.74) is 0.992. The lowest BCUT2D eigenvalue weighted by Crippen LogP contribution is -2.43. The maximum Gasteiger partial charge on any atom is 0.315 e.